The summed E-state index contributed by atoms with van der Waals surface area (Å²) in [7, 11) is 0. The van der Waals surface area contributed by atoms with Crippen LogP contribution in [-0.4, -0.2) is 11.9 Å². The Morgan fingerprint density at radius 1 is 1.53 bits per heavy atom. The topological polar surface area (TPSA) is 33.5 Å². The molecule has 0 atom stereocenters. The Morgan fingerprint density at radius 3 is 2.73 bits per heavy atom. The number of halogens is 1. The molecule has 3 nitrogen and oxygen atoms in total. The van der Waals surface area contributed by atoms with Crippen molar-refractivity contribution in [2.24, 2.45) is 0 Å². The minimum absolute atomic E-state index is 0.0616. The number of hydrogen-bond donors (Lipinski definition) is 1. The highest BCUT2D eigenvalue weighted by atomic mass is 19.1. The van der Waals surface area contributed by atoms with Crippen molar-refractivity contribution in [1.82, 2.24) is 5.32 Å². The fraction of sp³-hybridized carbons (Fsp3) is 0.273. The summed E-state index contributed by atoms with van der Waals surface area (Å²) in [6.07, 6.45) is 0. The van der Waals surface area contributed by atoms with Gasteiger partial charge < -0.3 is 5.32 Å². The number of hydrogen-bond acceptors (Lipinski definition) is 1. The van der Waals surface area contributed by atoms with Gasteiger partial charge in [-0.1, -0.05) is 6.07 Å². The number of rotatable bonds is 2. The van der Waals surface area contributed by atoms with Gasteiger partial charge >= 0.3 is 0 Å². The van der Waals surface area contributed by atoms with Gasteiger partial charge in [0.2, 0.25) is 0 Å². The summed E-state index contributed by atoms with van der Waals surface area (Å²) in [6.45, 7) is 10.3. The minimum atomic E-state index is -0.611. The van der Waals surface area contributed by atoms with Crippen LogP contribution in [0.2, 0.25) is 0 Å². The summed E-state index contributed by atoms with van der Waals surface area (Å²) in [6, 6.07) is 3.66. The van der Waals surface area contributed by atoms with E-state index in [1.807, 2.05) is 0 Å². The molecule has 1 N–H and O–H groups in total. The SMILES string of the molecule is [C-]#[N+]c1ccc(F)c(C(=O)NC(C)C)c1. The second kappa shape index (κ2) is 4.56. The number of carbonyl (C=O) groups is 1. The van der Waals surface area contributed by atoms with E-state index in [4.69, 9.17) is 6.57 Å². The number of nitrogens with zero attached hydrogens (tertiary/aromatic N) is 1. The summed E-state index contributed by atoms with van der Waals surface area (Å²) < 4.78 is 13.2. The van der Waals surface area contributed by atoms with Crippen LogP contribution in [0, 0.1) is 12.4 Å². The molecule has 15 heavy (non-hydrogen) atoms. The molecule has 0 saturated heterocycles. The molecule has 0 aromatic heterocycles. The first-order valence-electron chi connectivity index (χ1n) is 4.52. The number of benzene rings is 1. The maximum atomic E-state index is 13.2. The van der Waals surface area contributed by atoms with Crippen LogP contribution < -0.4 is 5.32 Å². The van der Waals surface area contributed by atoms with Gasteiger partial charge in [0.1, 0.15) is 5.82 Å². The van der Waals surface area contributed by atoms with Gasteiger partial charge in [0.25, 0.3) is 5.91 Å². The normalized spacial score (nSPS) is 9.80. The second-order valence-electron chi connectivity index (χ2n) is 3.40. The molecule has 0 heterocycles. The molecule has 0 spiro atoms. The van der Waals surface area contributed by atoms with Gasteiger partial charge in [-0.15, -0.1) is 0 Å². The highest BCUT2D eigenvalue weighted by molar-refractivity contribution is 5.95. The van der Waals surface area contributed by atoms with E-state index < -0.39 is 11.7 Å². The van der Waals surface area contributed by atoms with Crippen LogP contribution in [0.1, 0.15) is 24.2 Å². The molecule has 0 bridgehead atoms. The molecule has 0 fully saturated rings. The smallest absolute Gasteiger partial charge is 0.253 e. The zero-order valence-electron chi connectivity index (χ0n) is 8.54. The van der Waals surface area contributed by atoms with Crippen LogP contribution in [-0.2, 0) is 0 Å². The van der Waals surface area contributed by atoms with Crippen molar-refractivity contribution in [2.45, 2.75) is 19.9 Å². The predicted molar refractivity (Wildman–Crippen MR) is 55.3 cm³/mol. The number of nitrogens with one attached hydrogen (secondary N) is 1. The van der Waals surface area contributed by atoms with Gasteiger partial charge in [0, 0.05) is 6.04 Å². The van der Waals surface area contributed by atoms with E-state index in [-0.39, 0.29) is 17.3 Å². The van der Waals surface area contributed by atoms with Gasteiger partial charge in [-0.25, -0.2) is 9.24 Å². The van der Waals surface area contributed by atoms with E-state index in [2.05, 4.69) is 10.2 Å². The minimum Gasteiger partial charge on any atom is -0.350 e. The molecule has 0 saturated carbocycles. The van der Waals surface area contributed by atoms with E-state index >= 15 is 0 Å². The quantitative estimate of drug-likeness (QED) is 0.741. The third-order valence-corrected chi connectivity index (χ3v) is 1.74. The van der Waals surface area contributed by atoms with Crippen molar-refractivity contribution in [3.63, 3.8) is 0 Å². The maximum absolute atomic E-state index is 13.2. The van der Waals surface area contributed by atoms with E-state index in [0.29, 0.717) is 0 Å². The van der Waals surface area contributed by atoms with E-state index in [0.717, 1.165) is 6.07 Å². The molecule has 0 aliphatic carbocycles. The summed E-state index contributed by atoms with van der Waals surface area (Å²) in [5, 5.41) is 2.57. The Labute approximate surface area is 87.7 Å². The molecule has 0 aliphatic heterocycles. The molecule has 4 heteroatoms. The molecule has 78 valence electrons. The molecule has 0 radical (unpaired) electrons. The lowest BCUT2D eigenvalue weighted by Crippen LogP contribution is -2.30. The lowest BCUT2D eigenvalue weighted by molar-refractivity contribution is 0.0939. The van der Waals surface area contributed by atoms with Crippen LogP contribution in [0.3, 0.4) is 0 Å². The molecule has 1 amide bonds. The molecular weight excluding hydrogens is 195 g/mol. The van der Waals surface area contributed by atoms with Crippen molar-refractivity contribution < 1.29 is 9.18 Å². The number of amides is 1. The van der Waals surface area contributed by atoms with Crippen molar-refractivity contribution in [3.8, 4) is 0 Å². The lowest BCUT2D eigenvalue weighted by atomic mass is 10.1. The Bertz CT molecular complexity index is 421. The Morgan fingerprint density at radius 2 is 2.20 bits per heavy atom. The standard InChI is InChI=1S/C11H11FN2O/c1-7(2)14-11(15)9-6-8(13-3)4-5-10(9)12/h4-7H,1-2H3,(H,14,15). The first-order chi connectivity index (χ1) is 7.04. The third kappa shape index (κ3) is 2.78. The predicted octanol–water partition coefficient (Wildman–Crippen LogP) is 2.51. The first kappa shape index (κ1) is 11.2. The van der Waals surface area contributed by atoms with Gasteiger partial charge in [-0.05, 0) is 26.0 Å². The van der Waals surface area contributed by atoms with Crippen molar-refractivity contribution in [2.75, 3.05) is 0 Å². The molecule has 0 aliphatic rings. The first-order valence-corrected chi connectivity index (χ1v) is 4.52. The van der Waals surface area contributed by atoms with Crippen molar-refractivity contribution in [3.05, 3.63) is 41.0 Å². The van der Waals surface area contributed by atoms with E-state index in [1.165, 1.54) is 12.1 Å². The highest BCUT2D eigenvalue weighted by Gasteiger charge is 2.12. The van der Waals surface area contributed by atoms with E-state index in [9.17, 15) is 9.18 Å². The fourth-order valence-corrected chi connectivity index (χ4v) is 1.10. The second-order valence-corrected chi connectivity index (χ2v) is 3.40. The summed E-state index contributed by atoms with van der Waals surface area (Å²) in [5.74, 6) is -1.10. The molecule has 1 rings (SSSR count). The summed E-state index contributed by atoms with van der Waals surface area (Å²) >= 11 is 0. The molecule has 1 aromatic rings. The Hall–Kier alpha value is -1.89. The van der Waals surface area contributed by atoms with Crippen molar-refractivity contribution in [1.29, 1.82) is 0 Å². The molecule has 1 aromatic carbocycles. The Balaban J connectivity index is 3.03. The number of carbonyl (C=O) groups excluding carboxylic acids is 1. The van der Waals surface area contributed by atoms with Gasteiger partial charge in [0.15, 0.2) is 5.69 Å². The van der Waals surface area contributed by atoms with E-state index in [1.54, 1.807) is 13.8 Å². The summed E-state index contributed by atoms with van der Waals surface area (Å²) in [5.41, 5.74) is 0.169. The third-order valence-electron chi connectivity index (χ3n) is 1.74. The molecular formula is C11H11FN2O. The average Bonchev–Trinajstić information content (AvgIpc) is 2.17. The van der Waals surface area contributed by atoms with Gasteiger partial charge in [-0.3, -0.25) is 4.79 Å². The monoisotopic (exact) mass is 206 g/mol. The zero-order chi connectivity index (χ0) is 11.4. The largest absolute Gasteiger partial charge is 0.350 e. The average molecular weight is 206 g/mol. The van der Waals surface area contributed by atoms with Crippen LogP contribution in [0.4, 0.5) is 10.1 Å². The molecule has 0 unspecified atom stereocenters. The van der Waals surface area contributed by atoms with Crippen molar-refractivity contribution >= 4 is 11.6 Å². The van der Waals surface area contributed by atoms with Crippen LogP contribution in [0.25, 0.3) is 4.85 Å². The summed E-state index contributed by atoms with van der Waals surface area (Å²) in [4.78, 5) is 14.6. The zero-order valence-corrected chi connectivity index (χ0v) is 8.54. The van der Waals surface area contributed by atoms with Gasteiger partial charge in [0.05, 0.1) is 12.1 Å². The van der Waals surface area contributed by atoms with Gasteiger partial charge in [-0.2, -0.15) is 0 Å². The van der Waals surface area contributed by atoms with Crippen LogP contribution in [0.5, 0.6) is 0 Å². The lowest BCUT2D eigenvalue weighted by Gasteiger charge is -2.09. The van der Waals surface area contributed by atoms with Crippen LogP contribution in [0.15, 0.2) is 18.2 Å². The fourth-order valence-electron chi connectivity index (χ4n) is 1.10. The maximum Gasteiger partial charge on any atom is 0.253 e. The van der Waals surface area contributed by atoms with Crippen LogP contribution >= 0.6 is 0 Å². The Kier molecular flexibility index (Phi) is 3.40. The highest BCUT2D eigenvalue weighted by Crippen LogP contribution is 2.17.